The molecule has 2 rings (SSSR count). The van der Waals surface area contributed by atoms with Crippen molar-refractivity contribution in [2.24, 2.45) is 0 Å². The SMILES string of the molecule is Cc1ccc(C(=O)NC2CS(=O)(=O)CC2Cl)cc1C. The smallest absolute Gasteiger partial charge is 0.251 e. The van der Waals surface area contributed by atoms with Gasteiger partial charge in [-0.2, -0.15) is 0 Å². The van der Waals surface area contributed by atoms with Crippen LogP contribution in [-0.2, 0) is 9.84 Å². The van der Waals surface area contributed by atoms with Crippen molar-refractivity contribution in [3.63, 3.8) is 0 Å². The van der Waals surface area contributed by atoms with Crippen molar-refractivity contribution < 1.29 is 13.2 Å². The van der Waals surface area contributed by atoms with Crippen LogP contribution in [0.15, 0.2) is 18.2 Å². The van der Waals surface area contributed by atoms with Gasteiger partial charge in [0, 0.05) is 5.56 Å². The van der Waals surface area contributed by atoms with E-state index in [2.05, 4.69) is 5.32 Å². The van der Waals surface area contributed by atoms with E-state index < -0.39 is 21.3 Å². The third-order valence-corrected chi connectivity index (χ3v) is 5.74. The molecule has 0 bridgehead atoms. The molecule has 0 radical (unpaired) electrons. The molecular formula is C13H16ClNO3S. The van der Waals surface area contributed by atoms with Crippen LogP contribution in [0.3, 0.4) is 0 Å². The molecule has 2 unspecified atom stereocenters. The van der Waals surface area contributed by atoms with Gasteiger partial charge in [0.05, 0.1) is 22.9 Å². The van der Waals surface area contributed by atoms with E-state index in [-0.39, 0.29) is 17.4 Å². The Labute approximate surface area is 118 Å². The lowest BCUT2D eigenvalue weighted by molar-refractivity contribution is 0.0941. The number of amides is 1. The van der Waals surface area contributed by atoms with Gasteiger partial charge in [-0.15, -0.1) is 11.6 Å². The Balaban J connectivity index is 2.11. The maximum Gasteiger partial charge on any atom is 0.251 e. The maximum absolute atomic E-state index is 12.1. The van der Waals surface area contributed by atoms with E-state index in [1.165, 1.54) is 0 Å². The Morgan fingerprint density at radius 1 is 1.26 bits per heavy atom. The highest BCUT2D eigenvalue weighted by molar-refractivity contribution is 7.91. The van der Waals surface area contributed by atoms with Crippen LogP contribution in [0.25, 0.3) is 0 Å². The molecule has 1 heterocycles. The van der Waals surface area contributed by atoms with E-state index in [4.69, 9.17) is 11.6 Å². The van der Waals surface area contributed by atoms with Gasteiger partial charge >= 0.3 is 0 Å². The molecule has 1 fully saturated rings. The van der Waals surface area contributed by atoms with E-state index in [9.17, 15) is 13.2 Å². The van der Waals surface area contributed by atoms with Crippen LogP contribution in [-0.4, -0.2) is 37.2 Å². The number of carbonyl (C=O) groups excluding carboxylic acids is 1. The van der Waals surface area contributed by atoms with E-state index in [1.54, 1.807) is 12.1 Å². The monoisotopic (exact) mass is 301 g/mol. The standard InChI is InChI=1S/C13H16ClNO3S/c1-8-3-4-10(5-9(8)2)13(16)15-12-7-19(17,18)6-11(12)14/h3-5,11-12H,6-7H2,1-2H3,(H,15,16). The van der Waals surface area contributed by atoms with Gasteiger partial charge in [0.2, 0.25) is 0 Å². The first-order chi connectivity index (χ1) is 8.78. The van der Waals surface area contributed by atoms with Crippen molar-refractivity contribution in [1.82, 2.24) is 5.32 Å². The van der Waals surface area contributed by atoms with Crippen molar-refractivity contribution in [3.8, 4) is 0 Å². The lowest BCUT2D eigenvalue weighted by Gasteiger charge is -2.14. The summed E-state index contributed by atoms with van der Waals surface area (Å²) in [5.74, 6) is -0.444. The Hall–Kier alpha value is -1.07. The average Bonchev–Trinajstić information content (AvgIpc) is 2.55. The molecule has 6 heteroatoms. The Morgan fingerprint density at radius 2 is 1.95 bits per heavy atom. The molecule has 0 saturated carbocycles. The summed E-state index contributed by atoms with van der Waals surface area (Å²) in [5, 5.41) is 2.14. The molecular weight excluding hydrogens is 286 g/mol. The molecule has 1 aromatic carbocycles. The summed E-state index contributed by atoms with van der Waals surface area (Å²) < 4.78 is 22.9. The van der Waals surface area contributed by atoms with Crippen LogP contribution in [0.5, 0.6) is 0 Å². The van der Waals surface area contributed by atoms with Gasteiger partial charge in [0.1, 0.15) is 0 Å². The fourth-order valence-electron chi connectivity index (χ4n) is 2.07. The lowest BCUT2D eigenvalue weighted by atomic mass is 10.1. The number of carbonyl (C=O) groups is 1. The number of hydrogen-bond acceptors (Lipinski definition) is 3. The summed E-state index contributed by atoms with van der Waals surface area (Å²) in [6, 6.07) is 4.87. The molecule has 4 nitrogen and oxygen atoms in total. The summed E-state index contributed by atoms with van der Waals surface area (Å²) in [6.45, 7) is 3.89. The van der Waals surface area contributed by atoms with Crippen molar-refractivity contribution in [1.29, 1.82) is 0 Å². The summed E-state index contributed by atoms with van der Waals surface area (Å²) in [7, 11) is -3.13. The zero-order chi connectivity index (χ0) is 14.2. The number of aryl methyl sites for hydroxylation is 2. The van der Waals surface area contributed by atoms with E-state index >= 15 is 0 Å². The van der Waals surface area contributed by atoms with Gasteiger partial charge < -0.3 is 5.32 Å². The fourth-order valence-corrected chi connectivity index (χ4v) is 4.62. The molecule has 1 aliphatic rings. The molecule has 0 aliphatic carbocycles. The third-order valence-electron chi connectivity index (χ3n) is 3.37. The number of sulfone groups is 1. The van der Waals surface area contributed by atoms with Crippen LogP contribution >= 0.6 is 11.6 Å². The van der Waals surface area contributed by atoms with Gasteiger partial charge in [-0.3, -0.25) is 4.79 Å². The minimum absolute atomic E-state index is 0.0770. The first kappa shape index (κ1) is 14.3. The first-order valence-electron chi connectivity index (χ1n) is 6.01. The topological polar surface area (TPSA) is 63.2 Å². The predicted octanol–water partition coefficient (Wildman–Crippen LogP) is 1.44. The van der Waals surface area contributed by atoms with Gasteiger partial charge in [-0.1, -0.05) is 6.07 Å². The molecule has 1 amide bonds. The zero-order valence-corrected chi connectivity index (χ0v) is 12.4. The van der Waals surface area contributed by atoms with Gasteiger partial charge in [-0.25, -0.2) is 8.42 Å². The van der Waals surface area contributed by atoms with Crippen LogP contribution in [0.1, 0.15) is 21.5 Å². The second kappa shape index (κ2) is 5.13. The molecule has 1 saturated heterocycles. The van der Waals surface area contributed by atoms with Crippen LogP contribution in [0.2, 0.25) is 0 Å². The largest absolute Gasteiger partial charge is 0.347 e. The van der Waals surface area contributed by atoms with Gasteiger partial charge in [-0.05, 0) is 37.1 Å². The van der Waals surface area contributed by atoms with E-state index in [0.717, 1.165) is 11.1 Å². The maximum atomic E-state index is 12.1. The van der Waals surface area contributed by atoms with Crippen LogP contribution in [0.4, 0.5) is 0 Å². The zero-order valence-electron chi connectivity index (χ0n) is 10.8. The highest BCUT2D eigenvalue weighted by Crippen LogP contribution is 2.19. The van der Waals surface area contributed by atoms with Crippen molar-refractivity contribution >= 4 is 27.3 Å². The predicted molar refractivity (Wildman–Crippen MR) is 75.5 cm³/mol. The number of halogens is 1. The number of benzene rings is 1. The molecule has 1 N–H and O–H groups in total. The van der Waals surface area contributed by atoms with Crippen LogP contribution < -0.4 is 5.32 Å². The second-order valence-electron chi connectivity index (χ2n) is 4.97. The summed E-state index contributed by atoms with van der Waals surface area (Å²) >= 11 is 5.96. The average molecular weight is 302 g/mol. The number of nitrogens with one attached hydrogen (secondary N) is 1. The summed E-state index contributed by atoms with van der Waals surface area (Å²) in [5.41, 5.74) is 2.65. The summed E-state index contributed by atoms with van der Waals surface area (Å²) in [4.78, 5) is 12.1. The minimum atomic E-state index is -3.13. The lowest BCUT2D eigenvalue weighted by Crippen LogP contribution is -2.40. The van der Waals surface area contributed by atoms with Crippen LogP contribution in [0, 0.1) is 13.8 Å². The van der Waals surface area contributed by atoms with Gasteiger partial charge in [0.25, 0.3) is 5.91 Å². The normalized spacial score (nSPS) is 25.2. The second-order valence-corrected chi connectivity index (χ2v) is 7.69. The molecule has 104 valence electrons. The van der Waals surface area contributed by atoms with Crippen molar-refractivity contribution in [2.45, 2.75) is 25.3 Å². The molecule has 2 atom stereocenters. The summed E-state index contributed by atoms with van der Waals surface area (Å²) in [6.07, 6.45) is 0. The molecule has 1 aliphatic heterocycles. The van der Waals surface area contributed by atoms with E-state index in [1.807, 2.05) is 19.9 Å². The highest BCUT2D eigenvalue weighted by atomic mass is 35.5. The van der Waals surface area contributed by atoms with E-state index in [0.29, 0.717) is 5.56 Å². The Morgan fingerprint density at radius 3 is 2.47 bits per heavy atom. The van der Waals surface area contributed by atoms with Gasteiger partial charge in [0.15, 0.2) is 9.84 Å². The fraction of sp³-hybridized carbons (Fsp3) is 0.462. The highest BCUT2D eigenvalue weighted by Gasteiger charge is 2.37. The minimum Gasteiger partial charge on any atom is -0.347 e. The molecule has 0 aromatic heterocycles. The Bertz CT molecular complexity index is 612. The number of hydrogen-bond donors (Lipinski definition) is 1. The molecule has 1 aromatic rings. The molecule has 19 heavy (non-hydrogen) atoms. The third kappa shape index (κ3) is 3.28. The van der Waals surface area contributed by atoms with Crippen molar-refractivity contribution in [3.05, 3.63) is 34.9 Å². The first-order valence-corrected chi connectivity index (χ1v) is 8.27. The Kier molecular flexibility index (Phi) is 3.87. The molecule has 0 spiro atoms. The number of rotatable bonds is 2. The number of alkyl halides is 1. The quantitative estimate of drug-likeness (QED) is 0.841. The van der Waals surface area contributed by atoms with Crippen molar-refractivity contribution in [2.75, 3.05) is 11.5 Å².